The highest BCUT2D eigenvalue weighted by Gasteiger charge is 2.30. The molecule has 0 bridgehead atoms. The summed E-state index contributed by atoms with van der Waals surface area (Å²) in [6.45, 7) is 5.14. The number of nitrogens with one attached hydrogen (secondary N) is 1. The van der Waals surface area contributed by atoms with Gasteiger partial charge >= 0.3 is 0 Å². The summed E-state index contributed by atoms with van der Waals surface area (Å²) in [6, 6.07) is 13.3. The lowest BCUT2D eigenvalue weighted by molar-refractivity contribution is 0.316. The van der Waals surface area contributed by atoms with E-state index >= 15 is 0 Å². The van der Waals surface area contributed by atoms with Crippen LogP contribution in [-0.2, 0) is 12.8 Å². The third-order valence-electron chi connectivity index (χ3n) is 4.05. The minimum atomic E-state index is 0.325. The van der Waals surface area contributed by atoms with Crippen LogP contribution in [0, 0.1) is 12.8 Å². The topological polar surface area (TPSA) is 25.2 Å². The van der Waals surface area contributed by atoms with Crippen molar-refractivity contribution in [2.75, 3.05) is 6.54 Å². The van der Waals surface area contributed by atoms with Gasteiger partial charge < -0.3 is 9.73 Å². The number of rotatable bonds is 4. The largest absolute Gasteiger partial charge is 0.465 e. The number of furan rings is 1. The molecule has 0 saturated carbocycles. The molecule has 0 saturated heterocycles. The molecule has 0 radical (unpaired) electrons. The standard InChI is InChI=1S/C17H21NO/c1-3-18-17(16-9-8-12(2)19-16)15-10-13-6-4-5-7-14(13)11-15/h4-9,15,17-18H,3,10-11H2,1-2H3. The average molecular weight is 255 g/mol. The Hall–Kier alpha value is -1.54. The fraction of sp³-hybridized carbons (Fsp3) is 0.412. The molecule has 1 aromatic carbocycles. The van der Waals surface area contributed by atoms with E-state index in [0.29, 0.717) is 12.0 Å². The SMILES string of the molecule is CCNC(c1ccc(C)o1)C1Cc2ccccc2C1. The van der Waals surface area contributed by atoms with E-state index in [1.54, 1.807) is 0 Å². The van der Waals surface area contributed by atoms with Gasteiger partial charge in [-0.25, -0.2) is 0 Å². The number of fused-ring (bicyclic) bond motifs is 1. The summed E-state index contributed by atoms with van der Waals surface area (Å²) in [6.07, 6.45) is 2.29. The van der Waals surface area contributed by atoms with Crippen molar-refractivity contribution in [1.82, 2.24) is 5.32 Å². The summed E-state index contributed by atoms with van der Waals surface area (Å²) in [7, 11) is 0. The first-order valence-electron chi connectivity index (χ1n) is 7.14. The molecule has 1 atom stereocenters. The summed E-state index contributed by atoms with van der Waals surface area (Å²) in [5, 5.41) is 3.60. The van der Waals surface area contributed by atoms with E-state index < -0.39 is 0 Å². The van der Waals surface area contributed by atoms with Gasteiger partial charge in [0.25, 0.3) is 0 Å². The zero-order valence-electron chi connectivity index (χ0n) is 11.6. The summed E-state index contributed by atoms with van der Waals surface area (Å²) in [5.74, 6) is 2.67. The molecule has 19 heavy (non-hydrogen) atoms. The van der Waals surface area contributed by atoms with Crippen LogP contribution >= 0.6 is 0 Å². The van der Waals surface area contributed by atoms with E-state index in [1.165, 1.54) is 11.1 Å². The maximum absolute atomic E-state index is 5.85. The number of hydrogen-bond donors (Lipinski definition) is 1. The lowest BCUT2D eigenvalue weighted by Gasteiger charge is -2.22. The van der Waals surface area contributed by atoms with Crippen molar-refractivity contribution in [3.8, 4) is 0 Å². The van der Waals surface area contributed by atoms with Crippen LogP contribution in [0.4, 0.5) is 0 Å². The molecule has 0 fully saturated rings. The van der Waals surface area contributed by atoms with E-state index in [0.717, 1.165) is 30.9 Å². The van der Waals surface area contributed by atoms with Crippen LogP contribution in [0.15, 0.2) is 40.8 Å². The lowest BCUT2D eigenvalue weighted by atomic mass is 9.94. The Balaban J connectivity index is 1.83. The second-order valence-electron chi connectivity index (χ2n) is 5.42. The van der Waals surface area contributed by atoms with E-state index in [1.807, 2.05) is 6.92 Å². The van der Waals surface area contributed by atoms with E-state index in [2.05, 4.69) is 48.6 Å². The predicted octanol–water partition coefficient (Wildman–Crippen LogP) is 3.65. The predicted molar refractivity (Wildman–Crippen MR) is 77.2 cm³/mol. The Morgan fingerprint density at radius 3 is 2.37 bits per heavy atom. The van der Waals surface area contributed by atoms with Crippen LogP contribution in [-0.4, -0.2) is 6.54 Å². The van der Waals surface area contributed by atoms with Gasteiger partial charge in [-0.1, -0.05) is 31.2 Å². The van der Waals surface area contributed by atoms with Crippen molar-refractivity contribution in [2.45, 2.75) is 32.7 Å². The molecule has 1 unspecified atom stereocenters. The molecule has 1 heterocycles. The Bertz CT molecular complexity index is 533. The monoisotopic (exact) mass is 255 g/mol. The van der Waals surface area contributed by atoms with Gasteiger partial charge in [0.1, 0.15) is 11.5 Å². The van der Waals surface area contributed by atoms with Gasteiger partial charge in [0.2, 0.25) is 0 Å². The third-order valence-corrected chi connectivity index (χ3v) is 4.05. The molecular formula is C17H21NO. The summed E-state index contributed by atoms with van der Waals surface area (Å²) >= 11 is 0. The fourth-order valence-electron chi connectivity index (χ4n) is 3.17. The molecule has 0 spiro atoms. The van der Waals surface area contributed by atoms with Gasteiger partial charge in [0.15, 0.2) is 0 Å². The highest BCUT2D eigenvalue weighted by Crippen LogP contribution is 2.35. The third kappa shape index (κ3) is 2.45. The quantitative estimate of drug-likeness (QED) is 0.902. The second-order valence-corrected chi connectivity index (χ2v) is 5.42. The minimum absolute atomic E-state index is 0.325. The number of aryl methyl sites for hydroxylation is 1. The Morgan fingerprint density at radius 1 is 1.16 bits per heavy atom. The number of hydrogen-bond acceptors (Lipinski definition) is 2. The molecule has 1 N–H and O–H groups in total. The van der Waals surface area contributed by atoms with Gasteiger partial charge in [0, 0.05) is 0 Å². The molecule has 1 aromatic heterocycles. The molecule has 3 rings (SSSR count). The molecule has 2 heteroatoms. The van der Waals surface area contributed by atoms with Crippen molar-refractivity contribution in [3.05, 3.63) is 59.0 Å². The molecule has 100 valence electrons. The first kappa shape index (κ1) is 12.5. The average Bonchev–Trinajstić information content (AvgIpc) is 3.01. The van der Waals surface area contributed by atoms with Crippen LogP contribution < -0.4 is 5.32 Å². The molecule has 1 aliphatic rings. The summed E-state index contributed by atoms with van der Waals surface area (Å²) in [5.41, 5.74) is 3.00. The van der Waals surface area contributed by atoms with Gasteiger partial charge in [-0.3, -0.25) is 0 Å². The lowest BCUT2D eigenvalue weighted by Crippen LogP contribution is -2.28. The molecular weight excluding hydrogens is 234 g/mol. The van der Waals surface area contributed by atoms with Gasteiger partial charge in [-0.2, -0.15) is 0 Å². The molecule has 1 aliphatic carbocycles. The highest BCUT2D eigenvalue weighted by atomic mass is 16.3. The van der Waals surface area contributed by atoms with Gasteiger partial charge in [0.05, 0.1) is 6.04 Å². The van der Waals surface area contributed by atoms with Crippen molar-refractivity contribution in [2.24, 2.45) is 5.92 Å². The van der Waals surface area contributed by atoms with E-state index in [4.69, 9.17) is 4.42 Å². The minimum Gasteiger partial charge on any atom is -0.465 e. The van der Waals surface area contributed by atoms with Crippen molar-refractivity contribution in [1.29, 1.82) is 0 Å². The first-order valence-corrected chi connectivity index (χ1v) is 7.14. The Labute approximate surface area is 114 Å². The smallest absolute Gasteiger partial charge is 0.121 e. The van der Waals surface area contributed by atoms with Crippen molar-refractivity contribution < 1.29 is 4.42 Å². The second kappa shape index (κ2) is 5.22. The van der Waals surface area contributed by atoms with Crippen LogP contribution in [0.5, 0.6) is 0 Å². The first-order chi connectivity index (χ1) is 9.28. The van der Waals surface area contributed by atoms with Crippen LogP contribution in [0.2, 0.25) is 0 Å². The molecule has 0 aliphatic heterocycles. The normalized spacial score (nSPS) is 16.5. The van der Waals surface area contributed by atoms with Crippen LogP contribution in [0.1, 0.15) is 35.6 Å². The Morgan fingerprint density at radius 2 is 1.84 bits per heavy atom. The van der Waals surface area contributed by atoms with E-state index in [9.17, 15) is 0 Å². The molecule has 0 amide bonds. The van der Waals surface area contributed by atoms with Crippen molar-refractivity contribution >= 4 is 0 Å². The Kier molecular flexibility index (Phi) is 3.43. The highest BCUT2D eigenvalue weighted by molar-refractivity contribution is 5.33. The van der Waals surface area contributed by atoms with Crippen LogP contribution in [0.25, 0.3) is 0 Å². The molecule has 2 nitrogen and oxygen atoms in total. The van der Waals surface area contributed by atoms with Crippen LogP contribution in [0.3, 0.4) is 0 Å². The zero-order valence-corrected chi connectivity index (χ0v) is 11.6. The summed E-state index contributed by atoms with van der Waals surface area (Å²) < 4.78 is 5.85. The number of benzene rings is 1. The fourth-order valence-corrected chi connectivity index (χ4v) is 3.17. The van der Waals surface area contributed by atoms with E-state index in [-0.39, 0.29) is 0 Å². The zero-order chi connectivity index (χ0) is 13.2. The summed E-state index contributed by atoms with van der Waals surface area (Å²) in [4.78, 5) is 0. The maximum Gasteiger partial charge on any atom is 0.121 e. The van der Waals surface area contributed by atoms with Gasteiger partial charge in [-0.05, 0) is 55.5 Å². The molecule has 2 aromatic rings. The van der Waals surface area contributed by atoms with Gasteiger partial charge in [-0.15, -0.1) is 0 Å². The maximum atomic E-state index is 5.85. The van der Waals surface area contributed by atoms with Crippen molar-refractivity contribution in [3.63, 3.8) is 0 Å².